The molecule has 0 fully saturated rings. The van der Waals surface area contributed by atoms with Crippen LogP contribution in [-0.2, 0) is 5.75 Å². The summed E-state index contributed by atoms with van der Waals surface area (Å²) >= 11 is 8.82. The average molecular weight is 309 g/mol. The van der Waals surface area contributed by atoms with Gasteiger partial charge in [0.05, 0.1) is 10.6 Å². The van der Waals surface area contributed by atoms with Crippen LogP contribution in [0.2, 0.25) is 4.47 Å². The fourth-order valence-corrected chi connectivity index (χ4v) is 2.72. The Labute approximate surface area is 118 Å². The maximum atomic E-state index is 10.3. The minimum Gasteiger partial charge on any atom is -0.370 e. The van der Waals surface area contributed by atoms with Gasteiger partial charge in [-0.15, -0.1) is 11.3 Å². The molecule has 0 atom stereocenters. The summed E-state index contributed by atoms with van der Waals surface area (Å²) in [5, 5.41) is 17.8. The third-order valence-corrected chi connectivity index (χ3v) is 3.86. The van der Waals surface area contributed by atoms with Crippen LogP contribution in [-0.4, -0.2) is 29.3 Å². The van der Waals surface area contributed by atoms with Crippen molar-refractivity contribution in [1.29, 1.82) is 0 Å². The van der Waals surface area contributed by atoms with E-state index in [0.29, 0.717) is 16.8 Å². The molecule has 0 radical (unpaired) electrons. The summed E-state index contributed by atoms with van der Waals surface area (Å²) in [5.74, 6) is 2.02. The third-order valence-electron chi connectivity index (χ3n) is 1.84. The maximum Gasteiger partial charge on any atom is 0.274 e. The van der Waals surface area contributed by atoms with Gasteiger partial charge < -0.3 is 10.6 Å². The lowest BCUT2D eigenvalue weighted by Gasteiger charge is -2.06. The molecule has 0 saturated heterocycles. The molecule has 0 bridgehead atoms. The zero-order valence-electron chi connectivity index (χ0n) is 9.68. The molecule has 1 rings (SSSR count). The summed E-state index contributed by atoms with van der Waals surface area (Å²) in [6, 6.07) is 0. The Balaban J connectivity index is 2.16. The summed E-state index contributed by atoms with van der Waals surface area (Å²) in [4.78, 5) is 13.9. The number of rotatable bonds is 8. The fraction of sp³-hybridized carbons (Fsp3) is 0.444. The monoisotopic (exact) mass is 308 g/mol. The van der Waals surface area contributed by atoms with Crippen LogP contribution in [0.25, 0.3) is 0 Å². The highest BCUT2D eigenvalue weighted by molar-refractivity contribution is 7.98. The highest BCUT2D eigenvalue weighted by atomic mass is 35.5. The molecule has 0 aliphatic rings. The first-order valence-electron chi connectivity index (χ1n) is 5.06. The normalized spacial score (nSPS) is 11.3. The van der Waals surface area contributed by atoms with Crippen molar-refractivity contribution in [3.63, 3.8) is 0 Å². The van der Waals surface area contributed by atoms with Crippen LogP contribution in [0, 0.1) is 10.1 Å². The molecule has 1 aromatic rings. The van der Waals surface area contributed by atoms with Gasteiger partial charge in [-0.3, -0.25) is 10.1 Å². The molecule has 0 aromatic carbocycles. The van der Waals surface area contributed by atoms with Gasteiger partial charge in [-0.1, -0.05) is 11.6 Å². The van der Waals surface area contributed by atoms with Gasteiger partial charge in [0.2, 0.25) is 0 Å². The van der Waals surface area contributed by atoms with Gasteiger partial charge in [0.1, 0.15) is 0 Å². The number of nitrogens with one attached hydrogen (secondary N) is 2. The Morgan fingerprint density at radius 1 is 1.78 bits per heavy atom. The van der Waals surface area contributed by atoms with E-state index in [1.54, 1.807) is 18.8 Å². The second kappa shape index (κ2) is 8.17. The van der Waals surface area contributed by atoms with Crippen molar-refractivity contribution >= 4 is 34.7 Å². The number of aromatic nitrogens is 1. The number of halogens is 1. The van der Waals surface area contributed by atoms with Crippen LogP contribution < -0.4 is 10.6 Å². The third kappa shape index (κ3) is 6.08. The van der Waals surface area contributed by atoms with Crippen LogP contribution in [0.3, 0.4) is 0 Å². The number of nitrogens with zero attached hydrogens (tertiary/aromatic N) is 2. The van der Waals surface area contributed by atoms with Gasteiger partial charge >= 0.3 is 0 Å². The molecule has 6 nitrogen and oxygen atoms in total. The summed E-state index contributed by atoms with van der Waals surface area (Å²) < 4.78 is 0.551. The minimum atomic E-state index is -0.497. The molecule has 9 heteroatoms. The molecule has 0 amide bonds. The zero-order valence-corrected chi connectivity index (χ0v) is 12.1. The highest BCUT2D eigenvalue weighted by Gasteiger charge is 2.01. The van der Waals surface area contributed by atoms with Gasteiger partial charge in [0.15, 0.2) is 10.3 Å². The quantitative estimate of drug-likeness (QED) is 0.434. The Kier molecular flexibility index (Phi) is 6.84. The first kappa shape index (κ1) is 15.1. The SMILES string of the molecule is CN/C(=C/[N+](=O)[O-])NCCSCc1csc(Cl)n1. The van der Waals surface area contributed by atoms with Crippen molar-refractivity contribution in [2.75, 3.05) is 19.3 Å². The predicted octanol–water partition coefficient (Wildman–Crippen LogP) is 1.91. The Hall–Kier alpha value is -0.990. The predicted molar refractivity (Wildman–Crippen MR) is 75.4 cm³/mol. The van der Waals surface area contributed by atoms with E-state index in [0.717, 1.165) is 23.4 Å². The number of thioether (sulfide) groups is 1. The molecule has 1 heterocycles. The standard InChI is InChI=1S/C9H13ClN4O2S2/c1-11-8(4-14(15)16)12-2-3-17-5-7-6-18-9(10)13-7/h4,6,11-12H,2-3,5H2,1H3/b8-4-. The maximum absolute atomic E-state index is 10.3. The molecule has 18 heavy (non-hydrogen) atoms. The molecule has 1 aromatic heterocycles. The molecule has 0 saturated carbocycles. The van der Waals surface area contributed by atoms with E-state index in [-0.39, 0.29) is 0 Å². The van der Waals surface area contributed by atoms with E-state index >= 15 is 0 Å². The molecule has 0 unspecified atom stereocenters. The van der Waals surface area contributed by atoms with Crippen LogP contribution in [0.4, 0.5) is 0 Å². The van der Waals surface area contributed by atoms with Crippen molar-refractivity contribution in [1.82, 2.24) is 15.6 Å². The lowest BCUT2D eigenvalue weighted by Crippen LogP contribution is -2.26. The van der Waals surface area contributed by atoms with Crippen LogP contribution >= 0.6 is 34.7 Å². The molecular weight excluding hydrogens is 296 g/mol. The highest BCUT2D eigenvalue weighted by Crippen LogP contribution is 2.18. The van der Waals surface area contributed by atoms with Crippen LogP contribution in [0.1, 0.15) is 5.69 Å². The molecule has 0 aliphatic heterocycles. The first-order chi connectivity index (χ1) is 8.61. The summed E-state index contributed by atoms with van der Waals surface area (Å²) in [6.07, 6.45) is 0.908. The van der Waals surface area contributed by atoms with Crippen molar-refractivity contribution in [3.05, 3.63) is 37.7 Å². The molecule has 0 spiro atoms. The Bertz CT molecular complexity index is 424. The second-order valence-electron chi connectivity index (χ2n) is 3.15. The van der Waals surface area contributed by atoms with Crippen LogP contribution in [0.5, 0.6) is 0 Å². The molecular formula is C9H13ClN4O2S2. The van der Waals surface area contributed by atoms with Crippen LogP contribution in [0.15, 0.2) is 17.4 Å². The number of hydrogen-bond acceptors (Lipinski definition) is 7. The van der Waals surface area contributed by atoms with Crippen molar-refractivity contribution in [3.8, 4) is 0 Å². The van der Waals surface area contributed by atoms with Crippen molar-refractivity contribution in [2.24, 2.45) is 0 Å². The van der Waals surface area contributed by atoms with E-state index in [1.807, 2.05) is 5.38 Å². The summed E-state index contributed by atoms with van der Waals surface area (Å²) in [7, 11) is 1.63. The second-order valence-corrected chi connectivity index (χ2v) is 5.69. The zero-order chi connectivity index (χ0) is 13.4. The topological polar surface area (TPSA) is 80.1 Å². The van der Waals surface area contributed by atoms with E-state index in [9.17, 15) is 10.1 Å². The fourth-order valence-electron chi connectivity index (χ4n) is 1.09. The van der Waals surface area contributed by atoms with Crippen molar-refractivity contribution in [2.45, 2.75) is 5.75 Å². The van der Waals surface area contributed by atoms with E-state index < -0.39 is 4.92 Å². The number of nitro groups is 1. The van der Waals surface area contributed by atoms with Crippen molar-refractivity contribution < 1.29 is 4.92 Å². The van der Waals surface area contributed by atoms with E-state index in [4.69, 9.17) is 11.6 Å². The Morgan fingerprint density at radius 3 is 3.11 bits per heavy atom. The average Bonchev–Trinajstić information content (AvgIpc) is 2.72. The molecule has 0 aliphatic carbocycles. The van der Waals surface area contributed by atoms with Gasteiger partial charge in [-0.05, 0) is 0 Å². The number of hydrogen-bond donors (Lipinski definition) is 2. The lowest BCUT2D eigenvalue weighted by molar-refractivity contribution is -0.404. The molecule has 100 valence electrons. The van der Waals surface area contributed by atoms with E-state index in [2.05, 4.69) is 15.6 Å². The largest absolute Gasteiger partial charge is 0.370 e. The minimum absolute atomic E-state index is 0.400. The Morgan fingerprint density at radius 2 is 2.56 bits per heavy atom. The van der Waals surface area contributed by atoms with Gasteiger partial charge in [-0.2, -0.15) is 11.8 Å². The van der Waals surface area contributed by atoms with Gasteiger partial charge in [-0.25, -0.2) is 4.98 Å². The number of thiazole rings is 1. The van der Waals surface area contributed by atoms with Gasteiger partial charge in [0.25, 0.3) is 6.20 Å². The smallest absolute Gasteiger partial charge is 0.274 e. The van der Waals surface area contributed by atoms with Gasteiger partial charge in [0, 0.05) is 30.5 Å². The summed E-state index contributed by atoms with van der Waals surface area (Å²) in [6.45, 7) is 0.642. The first-order valence-corrected chi connectivity index (χ1v) is 7.47. The lowest BCUT2D eigenvalue weighted by atomic mass is 10.6. The van der Waals surface area contributed by atoms with E-state index in [1.165, 1.54) is 11.3 Å². The molecule has 2 N–H and O–H groups in total. The summed E-state index contributed by atoms with van der Waals surface area (Å²) in [5.41, 5.74) is 0.963.